The molecule has 0 aliphatic carbocycles. The van der Waals surface area contributed by atoms with Gasteiger partial charge < -0.3 is 0 Å². The van der Waals surface area contributed by atoms with Gasteiger partial charge in [-0.3, -0.25) is 9.98 Å². The number of benzene rings is 5. The van der Waals surface area contributed by atoms with Crippen LogP contribution in [-0.4, -0.2) is 11.2 Å². The molecule has 0 bridgehead atoms. The first kappa shape index (κ1) is 15.3. The first-order valence-electron chi connectivity index (χ1n) is 9.43. The monoisotopic (exact) mass is 356 g/mol. The molecule has 0 N–H and O–H groups in total. The van der Waals surface area contributed by atoms with Gasteiger partial charge in [0.2, 0.25) is 0 Å². The van der Waals surface area contributed by atoms with Crippen LogP contribution in [0.25, 0.3) is 43.2 Å². The molecule has 1 heterocycles. The van der Waals surface area contributed by atoms with Crippen molar-refractivity contribution in [3.63, 3.8) is 0 Å². The highest BCUT2D eigenvalue weighted by Gasteiger charge is 2.10. The smallest absolute Gasteiger partial charge is 0.0958 e. The van der Waals surface area contributed by atoms with E-state index in [2.05, 4.69) is 71.7 Å². The molecule has 0 amide bonds. The lowest BCUT2D eigenvalue weighted by atomic mass is 9.92. The Hall–Kier alpha value is -3.78. The minimum absolute atomic E-state index is 0.892. The third-order valence-corrected chi connectivity index (χ3v) is 5.52. The summed E-state index contributed by atoms with van der Waals surface area (Å²) < 4.78 is 0. The molecule has 6 rings (SSSR count). The van der Waals surface area contributed by atoms with E-state index in [1.807, 2.05) is 30.6 Å². The fraction of sp³-hybridized carbons (Fsp3) is 0. The molecule has 0 unspecified atom stereocenters. The van der Waals surface area contributed by atoms with Gasteiger partial charge >= 0.3 is 0 Å². The van der Waals surface area contributed by atoms with Gasteiger partial charge in [0, 0.05) is 23.4 Å². The van der Waals surface area contributed by atoms with E-state index >= 15 is 0 Å². The maximum absolute atomic E-state index is 4.80. The lowest BCUT2D eigenvalue weighted by molar-refractivity contribution is 1.39. The molecule has 0 fully saturated rings. The lowest BCUT2D eigenvalue weighted by Gasteiger charge is -2.12. The Morgan fingerprint density at radius 3 is 2.18 bits per heavy atom. The molecule has 2 heteroatoms. The Labute approximate surface area is 162 Å². The molecular formula is C26H16N2. The average Bonchev–Trinajstić information content (AvgIpc) is 2.76. The van der Waals surface area contributed by atoms with Crippen molar-refractivity contribution in [2.24, 2.45) is 4.99 Å². The van der Waals surface area contributed by atoms with Gasteiger partial charge in [-0.1, -0.05) is 72.8 Å². The van der Waals surface area contributed by atoms with E-state index in [1.165, 1.54) is 32.3 Å². The molecule has 6 aromatic rings. The van der Waals surface area contributed by atoms with Crippen LogP contribution < -0.4 is 0 Å². The molecule has 2 nitrogen and oxygen atoms in total. The van der Waals surface area contributed by atoms with Crippen molar-refractivity contribution in [3.05, 3.63) is 96.7 Å². The van der Waals surface area contributed by atoms with Crippen LogP contribution in [0.4, 0.5) is 5.69 Å². The fourth-order valence-electron chi connectivity index (χ4n) is 4.20. The highest BCUT2D eigenvalue weighted by atomic mass is 14.8. The second-order valence-electron chi connectivity index (χ2n) is 7.12. The summed E-state index contributed by atoms with van der Waals surface area (Å²) in [5, 5.41) is 8.82. The van der Waals surface area contributed by atoms with Gasteiger partial charge in [0.05, 0.1) is 11.2 Å². The molecule has 0 atom stereocenters. The summed E-state index contributed by atoms with van der Waals surface area (Å²) in [5.74, 6) is 0. The van der Waals surface area contributed by atoms with Crippen LogP contribution in [0.1, 0.15) is 5.56 Å². The predicted molar refractivity (Wildman–Crippen MR) is 119 cm³/mol. The van der Waals surface area contributed by atoms with Crippen LogP contribution in [0.2, 0.25) is 0 Å². The van der Waals surface area contributed by atoms with Crippen molar-refractivity contribution < 1.29 is 0 Å². The second kappa shape index (κ2) is 5.86. The van der Waals surface area contributed by atoms with Crippen LogP contribution in [-0.2, 0) is 0 Å². The zero-order valence-corrected chi connectivity index (χ0v) is 15.1. The number of fused-ring (bicyclic) bond motifs is 1. The van der Waals surface area contributed by atoms with Crippen molar-refractivity contribution in [1.82, 2.24) is 4.98 Å². The van der Waals surface area contributed by atoms with Gasteiger partial charge in [0.1, 0.15) is 0 Å². The first-order chi connectivity index (χ1) is 13.9. The number of aliphatic imine (C=N–C) groups is 1. The predicted octanol–water partition coefficient (Wildman–Crippen LogP) is 6.88. The molecule has 0 saturated carbocycles. The van der Waals surface area contributed by atoms with Crippen molar-refractivity contribution in [3.8, 4) is 0 Å². The van der Waals surface area contributed by atoms with E-state index in [-0.39, 0.29) is 0 Å². The number of hydrogen-bond donors (Lipinski definition) is 0. The summed E-state index contributed by atoms with van der Waals surface area (Å²) in [5.41, 5.74) is 2.95. The Bertz CT molecular complexity index is 1490. The van der Waals surface area contributed by atoms with E-state index in [0.717, 1.165) is 22.2 Å². The maximum Gasteiger partial charge on any atom is 0.0958 e. The summed E-state index contributed by atoms with van der Waals surface area (Å²) >= 11 is 0. The summed E-state index contributed by atoms with van der Waals surface area (Å²) in [6.45, 7) is 0. The number of rotatable bonds is 2. The topological polar surface area (TPSA) is 25.2 Å². The SMILES string of the molecule is C(=Nc1cccc2cccnc12)c1ccc2ccc3cccc4ccc1c2c34. The molecule has 0 aliphatic rings. The highest BCUT2D eigenvalue weighted by molar-refractivity contribution is 6.25. The van der Waals surface area contributed by atoms with E-state index < -0.39 is 0 Å². The number of aromatic nitrogens is 1. The zero-order valence-electron chi connectivity index (χ0n) is 15.1. The Morgan fingerprint density at radius 2 is 1.29 bits per heavy atom. The minimum atomic E-state index is 0.892. The number of nitrogens with zero attached hydrogens (tertiary/aromatic N) is 2. The molecule has 0 spiro atoms. The molecule has 0 saturated heterocycles. The Morgan fingerprint density at radius 1 is 0.607 bits per heavy atom. The normalized spacial score (nSPS) is 12.1. The highest BCUT2D eigenvalue weighted by Crippen LogP contribution is 2.35. The van der Waals surface area contributed by atoms with Crippen LogP contribution >= 0.6 is 0 Å². The number of pyridine rings is 1. The minimum Gasteiger partial charge on any atom is -0.254 e. The number of para-hydroxylation sites is 1. The second-order valence-corrected chi connectivity index (χ2v) is 7.12. The van der Waals surface area contributed by atoms with E-state index in [1.54, 1.807) is 0 Å². The van der Waals surface area contributed by atoms with Crippen LogP contribution in [0.15, 0.2) is 96.1 Å². The van der Waals surface area contributed by atoms with E-state index in [9.17, 15) is 0 Å². The Kier molecular flexibility index (Phi) is 3.20. The third-order valence-electron chi connectivity index (χ3n) is 5.52. The average molecular weight is 356 g/mol. The van der Waals surface area contributed by atoms with Gasteiger partial charge in [-0.05, 0) is 44.5 Å². The molecule has 130 valence electrons. The third kappa shape index (κ3) is 2.21. The van der Waals surface area contributed by atoms with Gasteiger partial charge in [0.25, 0.3) is 0 Å². The molecular weight excluding hydrogens is 340 g/mol. The molecule has 0 radical (unpaired) electrons. The Balaban J connectivity index is 1.59. The zero-order chi connectivity index (χ0) is 18.5. The standard InChI is InChI=1S/C26H16N2/c1-4-17-9-10-19-11-12-21(22-14-13-18(5-1)24(17)25(19)22)16-28-23-8-2-6-20-7-3-15-27-26(20)23/h1-16H. The summed E-state index contributed by atoms with van der Waals surface area (Å²) in [7, 11) is 0. The van der Waals surface area contributed by atoms with Crippen molar-refractivity contribution in [2.45, 2.75) is 0 Å². The summed E-state index contributed by atoms with van der Waals surface area (Å²) in [6.07, 6.45) is 3.78. The van der Waals surface area contributed by atoms with Gasteiger partial charge in [0.15, 0.2) is 0 Å². The van der Waals surface area contributed by atoms with Crippen LogP contribution in [0.5, 0.6) is 0 Å². The molecule has 1 aromatic heterocycles. The molecule has 28 heavy (non-hydrogen) atoms. The summed E-state index contributed by atoms with van der Waals surface area (Å²) in [6, 6.07) is 29.8. The largest absolute Gasteiger partial charge is 0.254 e. The fourth-order valence-corrected chi connectivity index (χ4v) is 4.20. The van der Waals surface area contributed by atoms with Crippen LogP contribution in [0.3, 0.4) is 0 Å². The van der Waals surface area contributed by atoms with Gasteiger partial charge in [-0.15, -0.1) is 0 Å². The molecule has 5 aromatic carbocycles. The molecule has 0 aliphatic heterocycles. The lowest BCUT2D eigenvalue weighted by Crippen LogP contribution is -1.89. The van der Waals surface area contributed by atoms with Crippen molar-refractivity contribution >= 4 is 55.1 Å². The first-order valence-corrected chi connectivity index (χ1v) is 9.43. The van der Waals surface area contributed by atoms with Crippen molar-refractivity contribution in [2.75, 3.05) is 0 Å². The van der Waals surface area contributed by atoms with Crippen LogP contribution in [0, 0.1) is 0 Å². The quantitative estimate of drug-likeness (QED) is 0.245. The van der Waals surface area contributed by atoms with Gasteiger partial charge in [-0.2, -0.15) is 0 Å². The summed E-state index contributed by atoms with van der Waals surface area (Å²) in [4.78, 5) is 9.31. The van der Waals surface area contributed by atoms with Crippen molar-refractivity contribution in [1.29, 1.82) is 0 Å². The van der Waals surface area contributed by atoms with E-state index in [0.29, 0.717) is 0 Å². The number of hydrogen-bond acceptors (Lipinski definition) is 2. The van der Waals surface area contributed by atoms with Gasteiger partial charge in [-0.25, -0.2) is 0 Å². The van der Waals surface area contributed by atoms with E-state index in [4.69, 9.17) is 4.99 Å². The maximum atomic E-state index is 4.80.